The number of nitrogens with zero attached hydrogens (tertiary/aromatic N) is 5. The summed E-state index contributed by atoms with van der Waals surface area (Å²) in [6, 6.07) is 22.6. The van der Waals surface area contributed by atoms with Crippen molar-refractivity contribution in [2.75, 3.05) is 20.2 Å². The highest BCUT2D eigenvalue weighted by molar-refractivity contribution is 5.59. The number of piperidine rings is 1. The number of likely N-dealkylation sites (tertiary alicyclic amines) is 1. The second-order valence-corrected chi connectivity index (χ2v) is 7.81. The van der Waals surface area contributed by atoms with Gasteiger partial charge < -0.3 is 4.74 Å². The van der Waals surface area contributed by atoms with E-state index in [4.69, 9.17) is 9.84 Å². The van der Waals surface area contributed by atoms with E-state index in [0.29, 0.717) is 5.92 Å². The first-order valence-electron chi connectivity index (χ1n) is 10.4. The van der Waals surface area contributed by atoms with Crippen LogP contribution in [0.3, 0.4) is 0 Å². The van der Waals surface area contributed by atoms with Crippen LogP contribution in [0.2, 0.25) is 0 Å². The largest absolute Gasteiger partial charge is 0.497 e. The first-order chi connectivity index (χ1) is 14.8. The van der Waals surface area contributed by atoms with Gasteiger partial charge in [0.25, 0.3) is 0 Å². The van der Waals surface area contributed by atoms with Gasteiger partial charge >= 0.3 is 0 Å². The van der Waals surface area contributed by atoms with E-state index in [1.165, 1.54) is 5.56 Å². The van der Waals surface area contributed by atoms with Gasteiger partial charge in [0, 0.05) is 18.0 Å². The average molecular weight is 399 g/mol. The van der Waals surface area contributed by atoms with Crippen molar-refractivity contribution < 1.29 is 4.74 Å². The molecule has 0 atom stereocenters. The summed E-state index contributed by atoms with van der Waals surface area (Å²) >= 11 is 0. The molecule has 0 radical (unpaired) electrons. The van der Waals surface area contributed by atoms with Gasteiger partial charge in [-0.3, -0.25) is 4.90 Å². The second kappa shape index (κ2) is 8.24. The highest BCUT2D eigenvalue weighted by atomic mass is 16.5. The van der Waals surface area contributed by atoms with Gasteiger partial charge in [0.1, 0.15) is 5.75 Å². The Morgan fingerprint density at radius 2 is 1.67 bits per heavy atom. The molecule has 6 heteroatoms. The Hall–Kier alpha value is -3.25. The summed E-state index contributed by atoms with van der Waals surface area (Å²) in [7, 11) is 1.70. The third-order valence-corrected chi connectivity index (χ3v) is 5.87. The smallest absolute Gasteiger partial charge is 0.177 e. The average Bonchev–Trinajstić information content (AvgIpc) is 3.24. The lowest BCUT2D eigenvalue weighted by Gasteiger charge is -2.31. The molecule has 152 valence electrons. The lowest BCUT2D eigenvalue weighted by molar-refractivity contribution is 0.201. The molecule has 1 aliphatic rings. The van der Waals surface area contributed by atoms with Gasteiger partial charge in [0.05, 0.1) is 12.8 Å². The maximum absolute atomic E-state index is 5.25. The summed E-state index contributed by atoms with van der Waals surface area (Å²) in [5.74, 6) is 2.26. The van der Waals surface area contributed by atoms with Gasteiger partial charge in [-0.15, -0.1) is 10.2 Å². The molecule has 4 aromatic rings. The predicted octanol–water partition coefficient (Wildman–Crippen LogP) is 4.18. The van der Waals surface area contributed by atoms with Crippen molar-refractivity contribution in [1.82, 2.24) is 24.7 Å². The Morgan fingerprint density at radius 3 is 2.40 bits per heavy atom. The fourth-order valence-electron chi connectivity index (χ4n) is 4.16. The van der Waals surface area contributed by atoms with E-state index in [-0.39, 0.29) is 0 Å². The maximum Gasteiger partial charge on any atom is 0.177 e. The minimum absolute atomic E-state index is 0.380. The van der Waals surface area contributed by atoms with Crippen LogP contribution >= 0.6 is 0 Å². The van der Waals surface area contributed by atoms with Crippen LogP contribution in [0.5, 0.6) is 5.75 Å². The van der Waals surface area contributed by atoms with Gasteiger partial charge in [-0.2, -0.15) is 9.61 Å². The lowest BCUT2D eigenvalue weighted by atomic mass is 9.95. The fourth-order valence-corrected chi connectivity index (χ4v) is 4.16. The Bertz CT molecular complexity index is 1120. The molecule has 2 aromatic carbocycles. The van der Waals surface area contributed by atoms with Crippen molar-refractivity contribution in [3.8, 4) is 17.0 Å². The Morgan fingerprint density at radius 1 is 0.900 bits per heavy atom. The molecule has 6 nitrogen and oxygen atoms in total. The quantitative estimate of drug-likeness (QED) is 0.504. The topological polar surface area (TPSA) is 55.5 Å². The summed E-state index contributed by atoms with van der Waals surface area (Å²) in [5, 5.41) is 13.7. The van der Waals surface area contributed by atoms with Crippen molar-refractivity contribution in [3.63, 3.8) is 0 Å². The number of hydrogen-bond donors (Lipinski definition) is 0. The second-order valence-electron chi connectivity index (χ2n) is 7.81. The van der Waals surface area contributed by atoms with Gasteiger partial charge in [0.2, 0.25) is 0 Å². The molecule has 1 aliphatic heterocycles. The van der Waals surface area contributed by atoms with Crippen LogP contribution in [-0.2, 0) is 6.54 Å². The van der Waals surface area contributed by atoms with Crippen LogP contribution in [0.4, 0.5) is 0 Å². The highest BCUT2D eigenvalue weighted by Crippen LogP contribution is 2.28. The number of hydrogen-bond acceptors (Lipinski definition) is 5. The van der Waals surface area contributed by atoms with E-state index in [9.17, 15) is 0 Å². The molecule has 0 spiro atoms. The minimum atomic E-state index is 0.380. The Kier molecular flexibility index (Phi) is 5.15. The zero-order chi connectivity index (χ0) is 20.3. The molecule has 0 amide bonds. The zero-order valence-corrected chi connectivity index (χ0v) is 17.1. The molecule has 5 rings (SSSR count). The predicted molar refractivity (Wildman–Crippen MR) is 116 cm³/mol. The number of fused-ring (bicyclic) bond motifs is 1. The standard InChI is InChI=1S/C24H25N5O/c1-30-21-9-7-18(8-10-21)17-28-15-13-20(14-16-28)24-26-25-23-12-11-22(27-29(23)24)19-5-3-2-4-6-19/h2-12,20H,13-17H2,1H3. The Labute approximate surface area is 176 Å². The number of benzene rings is 2. The molecule has 0 bridgehead atoms. The molecular weight excluding hydrogens is 374 g/mol. The molecule has 2 aromatic heterocycles. The number of aromatic nitrogens is 4. The van der Waals surface area contributed by atoms with E-state index in [2.05, 4.69) is 39.4 Å². The molecule has 0 aliphatic carbocycles. The van der Waals surface area contributed by atoms with Crippen LogP contribution in [-0.4, -0.2) is 44.9 Å². The normalized spacial score (nSPS) is 15.5. The molecular formula is C24H25N5O. The number of ether oxygens (including phenoxy) is 1. The first-order valence-corrected chi connectivity index (χ1v) is 10.4. The Balaban J connectivity index is 1.29. The van der Waals surface area contributed by atoms with Crippen LogP contribution in [0.1, 0.15) is 30.1 Å². The molecule has 30 heavy (non-hydrogen) atoms. The van der Waals surface area contributed by atoms with Crippen LogP contribution in [0.25, 0.3) is 16.9 Å². The molecule has 0 unspecified atom stereocenters. The highest BCUT2D eigenvalue weighted by Gasteiger charge is 2.25. The molecule has 0 N–H and O–H groups in total. The maximum atomic E-state index is 5.25. The van der Waals surface area contributed by atoms with E-state index < -0.39 is 0 Å². The summed E-state index contributed by atoms with van der Waals surface area (Å²) in [6.45, 7) is 3.06. The third kappa shape index (κ3) is 3.78. The van der Waals surface area contributed by atoms with Crippen LogP contribution in [0.15, 0.2) is 66.7 Å². The van der Waals surface area contributed by atoms with Crippen LogP contribution < -0.4 is 4.74 Å². The van der Waals surface area contributed by atoms with E-state index in [0.717, 1.165) is 61.0 Å². The van der Waals surface area contributed by atoms with Gasteiger partial charge in [-0.25, -0.2) is 0 Å². The van der Waals surface area contributed by atoms with E-state index in [1.807, 2.05) is 47.0 Å². The van der Waals surface area contributed by atoms with Gasteiger partial charge in [-0.1, -0.05) is 42.5 Å². The summed E-state index contributed by atoms with van der Waals surface area (Å²) < 4.78 is 7.19. The van der Waals surface area contributed by atoms with Crippen molar-refractivity contribution in [1.29, 1.82) is 0 Å². The SMILES string of the molecule is COc1ccc(CN2CCC(c3nnc4ccc(-c5ccccc5)nn34)CC2)cc1. The first kappa shape index (κ1) is 18.8. The zero-order valence-electron chi connectivity index (χ0n) is 17.1. The molecule has 3 heterocycles. The fraction of sp³-hybridized carbons (Fsp3) is 0.292. The summed E-state index contributed by atoms with van der Waals surface area (Å²) in [5.41, 5.74) is 4.18. The van der Waals surface area contributed by atoms with E-state index >= 15 is 0 Å². The minimum Gasteiger partial charge on any atom is -0.497 e. The lowest BCUT2D eigenvalue weighted by Crippen LogP contribution is -2.33. The van der Waals surface area contributed by atoms with Crippen molar-refractivity contribution >= 4 is 5.65 Å². The molecule has 0 saturated carbocycles. The summed E-state index contributed by atoms with van der Waals surface area (Å²) in [4.78, 5) is 2.50. The molecule has 1 saturated heterocycles. The van der Waals surface area contributed by atoms with Gasteiger partial charge in [0.15, 0.2) is 11.5 Å². The van der Waals surface area contributed by atoms with Crippen molar-refractivity contribution in [2.45, 2.75) is 25.3 Å². The van der Waals surface area contributed by atoms with Crippen molar-refractivity contribution in [3.05, 3.63) is 78.1 Å². The third-order valence-electron chi connectivity index (χ3n) is 5.87. The number of rotatable bonds is 5. The van der Waals surface area contributed by atoms with Crippen LogP contribution in [0, 0.1) is 0 Å². The monoisotopic (exact) mass is 399 g/mol. The molecule has 1 fully saturated rings. The van der Waals surface area contributed by atoms with E-state index in [1.54, 1.807) is 7.11 Å². The van der Waals surface area contributed by atoms with Gasteiger partial charge in [-0.05, 0) is 55.8 Å². The van der Waals surface area contributed by atoms with Crippen molar-refractivity contribution in [2.24, 2.45) is 0 Å². The summed E-state index contributed by atoms with van der Waals surface area (Å²) in [6.07, 6.45) is 2.13. The number of methoxy groups -OCH3 is 1.